The largest absolute Gasteiger partial charge is 0.459 e. The van der Waals surface area contributed by atoms with Crippen molar-refractivity contribution < 1.29 is 23.9 Å². The van der Waals surface area contributed by atoms with Crippen molar-refractivity contribution in [3.05, 3.63) is 35.9 Å². The number of likely N-dealkylation sites (tertiary alicyclic amines) is 1. The molecule has 1 aromatic carbocycles. The molecule has 8 nitrogen and oxygen atoms in total. The van der Waals surface area contributed by atoms with Crippen molar-refractivity contribution in [3.63, 3.8) is 0 Å². The molecule has 2 atom stereocenters. The van der Waals surface area contributed by atoms with Crippen LogP contribution < -0.4 is 11.5 Å². The molecule has 1 amide bonds. The van der Waals surface area contributed by atoms with E-state index in [4.69, 9.17) is 20.9 Å². The Kier molecular flexibility index (Phi) is 8.59. The lowest BCUT2D eigenvalue weighted by molar-refractivity contribution is -0.184. The van der Waals surface area contributed by atoms with E-state index in [0.717, 1.165) is 12.0 Å². The molecule has 1 aliphatic rings. The second-order valence-corrected chi connectivity index (χ2v) is 8.91. The first-order chi connectivity index (χ1) is 14.6. The number of hydrogen-bond donors (Lipinski definition) is 2. The molecule has 0 aromatic heterocycles. The van der Waals surface area contributed by atoms with Crippen LogP contribution >= 0.6 is 0 Å². The molecule has 1 fully saturated rings. The van der Waals surface area contributed by atoms with Crippen LogP contribution in [-0.4, -0.2) is 53.0 Å². The lowest BCUT2D eigenvalue weighted by Gasteiger charge is -2.37. The standard InChI is InChI=1S/C23H35N3O5/c1-22(2,3)31-21(29)23(20(28)30-16-17-10-5-4-6-11-17)13-9-15-26(23)19(27)18(25)12-7-8-14-24/h4-6,10-11,18H,7-9,12-16,24-25H2,1-3H3/t18-,23+/m0/s1. The molecule has 0 saturated carbocycles. The number of nitrogens with two attached hydrogens (primary N) is 2. The van der Waals surface area contributed by atoms with E-state index in [2.05, 4.69) is 0 Å². The number of carbonyl (C=O) groups is 3. The average Bonchev–Trinajstić information content (AvgIpc) is 3.17. The smallest absolute Gasteiger partial charge is 0.344 e. The van der Waals surface area contributed by atoms with Crippen molar-refractivity contribution in [2.45, 2.75) is 76.7 Å². The molecule has 0 radical (unpaired) electrons. The topological polar surface area (TPSA) is 125 Å². The van der Waals surface area contributed by atoms with Gasteiger partial charge < -0.3 is 25.8 Å². The Hall–Kier alpha value is -2.45. The summed E-state index contributed by atoms with van der Waals surface area (Å²) in [6.45, 7) is 5.89. The fraction of sp³-hybridized carbons (Fsp3) is 0.609. The van der Waals surface area contributed by atoms with Crippen LogP contribution in [0.5, 0.6) is 0 Å². The minimum absolute atomic E-state index is 0.00515. The summed E-state index contributed by atoms with van der Waals surface area (Å²) in [5.74, 6) is -2.01. The van der Waals surface area contributed by atoms with Gasteiger partial charge in [0.25, 0.3) is 0 Å². The van der Waals surface area contributed by atoms with Crippen LogP contribution in [0.15, 0.2) is 30.3 Å². The average molecular weight is 434 g/mol. The molecule has 1 aromatic rings. The van der Waals surface area contributed by atoms with Crippen molar-refractivity contribution in [3.8, 4) is 0 Å². The third-order valence-electron chi connectivity index (χ3n) is 5.22. The highest BCUT2D eigenvalue weighted by Gasteiger charge is 2.59. The third kappa shape index (κ3) is 6.27. The number of ether oxygens (including phenoxy) is 2. The van der Waals surface area contributed by atoms with Gasteiger partial charge >= 0.3 is 11.9 Å². The zero-order valence-corrected chi connectivity index (χ0v) is 18.8. The Morgan fingerprint density at radius 3 is 2.42 bits per heavy atom. The molecular weight excluding hydrogens is 398 g/mol. The van der Waals surface area contributed by atoms with Gasteiger partial charge in [-0.15, -0.1) is 0 Å². The SMILES string of the molecule is CC(C)(C)OC(=O)[C@]1(C(=O)OCc2ccccc2)CCCN1C(=O)[C@@H](N)CCCCN. The fourth-order valence-corrected chi connectivity index (χ4v) is 3.66. The highest BCUT2D eigenvalue weighted by atomic mass is 16.6. The van der Waals surface area contributed by atoms with Gasteiger partial charge in [0.2, 0.25) is 11.4 Å². The summed E-state index contributed by atoms with van der Waals surface area (Å²) in [6, 6.07) is 8.33. The van der Waals surface area contributed by atoms with Crippen LogP contribution in [0.25, 0.3) is 0 Å². The molecule has 31 heavy (non-hydrogen) atoms. The van der Waals surface area contributed by atoms with Crippen LogP contribution in [0.3, 0.4) is 0 Å². The molecule has 1 saturated heterocycles. The van der Waals surface area contributed by atoms with Gasteiger partial charge in [-0.1, -0.05) is 36.8 Å². The monoisotopic (exact) mass is 433 g/mol. The molecule has 4 N–H and O–H groups in total. The molecule has 0 bridgehead atoms. The quantitative estimate of drug-likeness (QED) is 0.346. The third-order valence-corrected chi connectivity index (χ3v) is 5.22. The minimum Gasteiger partial charge on any atom is -0.459 e. The van der Waals surface area contributed by atoms with Gasteiger partial charge in [0.1, 0.15) is 12.2 Å². The Labute approximate surface area is 184 Å². The zero-order chi connectivity index (χ0) is 23.1. The molecule has 0 aliphatic carbocycles. The maximum Gasteiger partial charge on any atom is 0.344 e. The predicted molar refractivity (Wildman–Crippen MR) is 117 cm³/mol. The molecule has 172 valence electrons. The van der Waals surface area contributed by atoms with Crippen molar-refractivity contribution in [2.24, 2.45) is 11.5 Å². The van der Waals surface area contributed by atoms with E-state index in [1.807, 2.05) is 30.3 Å². The Morgan fingerprint density at radius 1 is 1.13 bits per heavy atom. The highest BCUT2D eigenvalue weighted by Crippen LogP contribution is 2.34. The van der Waals surface area contributed by atoms with Gasteiger partial charge in [-0.05, 0) is 58.6 Å². The minimum atomic E-state index is -1.83. The summed E-state index contributed by atoms with van der Waals surface area (Å²) in [5.41, 5.74) is 9.76. The molecule has 8 heteroatoms. The van der Waals surface area contributed by atoms with Crippen LogP contribution in [0, 0.1) is 0 Å². The number of hydrogen-bond acceptors (Lipinski definition) is 7. The van der Waals surface area contributed by atoms with E-state index in [-0.39, 0.29) is 19.6 Å². The Bertz CT molecular complexity index is 762. The first-order valence-corrected chi connectivity index (χ1v) is 10.8. The molecule has 2 rings (SSSR count). The lowest BCUT2D eigenvalue weighted by atomic mass is 9.94. The molecular formula is C23H35N3O5. The first-order valence-electron chi connectivity index (χ1n) is 10.8. The van der Waals surface area contributed by atoms with Gasteiger partial charge in [0.15, 0.2) is 0 Å². The van der Waals surface area contributed by atoms with E-state index < -0.39 is 35.0 Å². The van der Waals surface area contributed by atoms with Crippen LogP contribution in [0.4, 0.5) is 0 Å². The molecule has 0 unspecified atom stereocenters. The normalized spacial score (nSPS) is 19.7. The maximum atomic E-state index is 13.3. The van der Waals surface area contributed by atoms with Crippen molar-refractivity contribution in [1.82, 2.24) is 4.90 Å². The van der Waals surface area contributed by atoms with Gasteiger partial charge in [-0.2, -0.15) is 0 Å². The van der Waals surface area contributed by atoms with Crippen LogP contribution in [0.2, 0.25) is 0 Å². The van der Waals surface area contributed by atoms with Crippen molar-refractivity contribution in [2.75, 3.05) is 13.1 Å². The fourth-order valence-electron chi connectivity index (χ4n) is 3.66. The number of rotatable bonds is 9. The Balaban J connectivity index is 2.28. The summed E-state index contributed by atoms with van der Waals surface area (Å²) >= 11 is 0. The summed E-state index contributed by atoms with van der Waals surface area (Å²) in [5, 5.41) is 0. The van der Waals surface area contributed by atoms with E-state index in [1.165, 1.54) is 4.90 Å². The second-order valence-electron chi connectivity index (χ2n) is 8.91. The lowest BCUT2D eigenvalue weighted by Crippen LogP contribution is -2.63. The second kappa shape index (κ2) is 10.7. The van der Waals surface area contributed by atoms with Gasteiger partial charge in [0.05, 0.1) is 6.04 Å². The van der Waals surface area contributed by atoms with Crippen molar-refractivity contribution >= 4 is 17.8 Å². The van der Waals surface area contributed by atoms with Gasteiger partial charge in [-0.25, -0.2) is 9.59 Å². The molecule has 1 heterocycles. The molecule has 0 spiro atoms. The van der Waals surface area contributed by atoms with E-state index >= 15 is 0 Å². The predicted octanol–water partition coefficient (Wildman–Crippen LogP) is 1.89. The highest BCUT2D eigenvalue weighted by molar-refractivity contribution is 6.08. The van der Waals surface area contributed by atoms with E-state index in [1.54, 1.807) is 20.8 Å². The zero-order valence-electron chi connectivity index (χ0n) is 18.8. The number of carbonyl (C=O) groups excluding carboxylic acids is 3. The summed E-state index contributed by atoms with van der Waals surface area (Å²) in [6.07, 6.45) is 2.47. The number of unbranched alkanes of at least 4 members (excludes halogenated alkanes) is 1. The number of amides is 1. The number of benzene rings is 1. The number of esters is 2. The summed E-state index contributed by atoms with van der Waals surface area (Å²) < 4.78 is 11.1. The summed E-state index contributed by atoms with van der Waals surface area (Å²) in [4.78, 5) is 41.0. The van der Waals surface area contributed by atoms with Gasteiger partial charge in [0, 0.05) is 6.54 Å². The molecule has 1 aliphatic heterocycles. The first kappa shape index (κ1) is 24.8. The summed E-state index contributed by atoms with van der Waals surface area (Å²) in [7, 11) is 0. The van der Waals surface area contributed by atoms with E-state index in [9.17, 15) is 14.4 Å². The number of nitrogens with zero attached hydrogens (tertiary/aromatic N) is 1. The van der Waals surface area contributed by atoms with Gasteiger partial charge in [-0.3, -0.25) is 4.79 Å². The van der Waals surface area contributed by atoms with Crippen molar-refractivity contribution in [1.29, 1.82) is 0 Å². The van der Waals surface area contributed by atoms with E-state index in [0.29, 0.717) is 25.8 Å². The Morgan fingerprint density at radius 2 is 1.81 bits per heavy atom. The van der Waals surface area contributed by atoms with Crippen LogP contribution in [-0.2, 0) is 30.5 Å². The van der Waals surface area contributed by atoms with Crippen LogP contribution in [0.1, 0.15) is 58.4 Å². The maximum absolute atomic E-state index is 13.3.